The van der Waals surface area contributed by atoms with Crippen LogP contribution in [0.1, 0.15) is 43.1 Å². The van der Waals surface area contributed by atoms with Gasteiger partial charge in [0.05, 0.1) is 4.90 Å². The predicted octanol–water partition coefficient (Wildman–Crippen LogP) is 1.81. The topological polar surface area (TPSA) is 89.3 Å². The van der Waals surface area contributed by atoms with Gasteiger partial charge in [-0.05, 0) is 43.5 Å². The first-order chi connectivity index (χ1) is 9.16. The molecule has 112 valence electrons. The number of nitrogens with two attached hydrogens (primary N) is 1. The lowest BCUT2D eigenvalue weighted by molar-refractivity contribution is 0.0927. The number of carbonyl (C=O) groups excluding carboxylic acids is 1. The number of hydrogen-bond acceptors (Lipinski definition) is 3. The van der Waals surface area contributed by atoms with Crippen LogP contribution < -0.4 is 10.5 Å². The summed E-state index contributed by atoms with van der Waals surface area (Å²) in [6, 6.07) is 4.32. The maximum atomic E-state index is 12.2. The Morgan fingerprint density at radius 1 is 1.35 bits per heavy atom. The van der Waals surface area contributed by atoms with Crippen LogP contribution in [0.25, 0.3) is 0 Å². The van der Waals surface area contributed by atoms with Crippen molar-refractivity contribution in [3.8, 4) is 0 Å². The molecule has 6 heteroatoms. The van der Waals surface area contributed by atoms with Crippen molar-refractivity contribution in [1.29, 1.82) is 0 Å². The Morgan fingerprint density at radius 3 is 2.40 bits per heavy atom. The highest BCUT2D eigenvalue weighted by Crippen LogP contribution is 2.15. The highest BCUT2D eigenvalue weighted by atomic mass is 32.2. The Balaban J connectivity index is 2.96. The van der Waals surface area contributed by atoms with Crippen LogP contribution in [-0.4, -0.2) is 20.4 Å². The SMILES string of the molecule is CCC(C)C(C)NC(=O)c1ccc(S(N)(=O)=O)cc1C. The van der Waals surface area contributed by atoms with Crippen LogP contribution in [0.5, 0.6) is 0 Å². The van der Waals surface area contributed by atoms with Crippen LogP contribution in [-0.2, 0) is 10.0 Å². The highest BCUT2D eigenvalue weighted by molar-refractivity contribution is 7.89. The number of carbonyl (C=O) groups is 1. The van der Waals surface area contributed by atoms with Crippen molar-refractivity contribution < 1.29 is 13.2 Å². The van der Waals surface area contributed by atoms with Gasteiger partial charge in [0.15, 0.2) is 0 Å². The Labute approximate surface area is 120 Å². The van der Waals surface area contributed by atoms with Gasteiger partial charge in [0, 0.05) is 11.6 Å². The molecule has 0 spiro atoms. The zero-order valence-electron chi connectivity index (χ0n) is 12.3. The van der Waals surface area contributed by atoms with E-state index in [1.54, 1.807) is 6.92 Å². The van der Waals surface area contributed by atoms with E-state index in [4.69, 9.17) is 5.14 Å². The maximum Gasteiger partial charge on any atom is 0.251 e. The van der Waals surface area contributed by atoms with Gasteiger partial charge in [-0.3, -0.25) is 4.79 Å². The van der Waals surface area contributed by atoms with Gasteiger partial charge < -0.3 is 5.32 Å². The lowest BCUT2D eigenvalue weighted by Gasteiger charge is -2.20. The fourth-order valence-electron chi connectivity index (χ4n) is 1.85. The molecule has 2 atom stereocenters. The second-order valence-electron chi connectivity index (χ2n) is 5.17. The van der Waals surface area contributed by atoms with E-state index in [0.717, 1.165) is 6.42 Å². The van der Waals surface area contributed by atoms with Gasteiger partial charge >= 0.3 is 0 Å². The zero-order valence-corrected chi connectivity index (χ0v) is 13.1. The van der Waals surface area contributed by atoms with E-state index in [-0.39, 0.29) is 16.8 Å². The minimum absolute atomic E-state index is 0.0153. The molecule has 0 fully saturated rings. The molecule has 0 aliphatic heterocycles. The van der Waals surface area contributed by atoms with Gasteiger partial charge in [-0.25, -0.2) is 13.6 Å². The summed E-state index contributed by atoms with van der Waals surface area (Å²) in [7, 11) is -3.74. The van der Waals surface area contributed by atoms with Crippen LogP contribution >= 0.6 is 0 Å². The van der Waals surface area contributed by atoms with Crippen molar-refractivity contribution in [2.45, 2.75) is 45.1 Å². The normalized spacial score (nSPS) is 14.7. The van der Waals surface area contributed by atoms with Gasteiger partial charge in [0.2, 0.25) is 10.0 Å². The fraction of sp³-hybridized carbons (Fsp3) is 0.500. The summed E-state index contributed by atoms with van der Waals surface area (Å²) in [4.78, 5) is 12.2. The standard InChI is InChI=1S/C14H22N2O3S/c1-5-9(2)11(4)16-14(17)13-7-6-12(8-10(13)3)20(15,18)19/h6-9,11H,5H2,1-4H3,(H,16,17)(H2,15,18,19). The summed E-state index contributed by atoms with van der Waals surface area (Å²) in [6.07, 6.45) is 0.977. The average molecular weight is 298 g/mol. The molecule has 20 heavy (non-hydrogen) atoms. The third-order valence-electron chi connectivity index (χ3n) is 3.63. The summed E-state index contributed by atoms with van der Waals surface area (Å²) in [5, 5.41) is 7.99. The van der Waals surface area contributed by atoms with Crippen molar-refractivity contribution in [2.24, 2.45) is 11.1 Å². The number of hydrogen-bond donors (Lipinski definition) is 2. The van der Waals surface area contributed by atoms with E-state index in [2.05, 4.69) is 19.2 Å². The first-order valence-corrected chi connectivity index (χ1v) is 8.15. The molecule has 1 rings (SSSR count). The summed E-state index contributed by atoms with van der Waals surface area (Å²) in [6.45, 7) is 7.79. The number of aryl methyl sites for hydroxylation is 1. The molecule has 0 bridgehead atoms. The molecule has 0 heterocycles. The molecule has 5 nitrogen and oxygen atoms in total. The zero-order chi connectivity index (χ0) is 15.5. The first kappa shape index (κ1) is 16.7. The van der Waals surface area contributed by atoms with Crippen molar-refractivity contribution in [1.82, 2.24) is 5.32 Å². The number of amides is 1. The predicted molar refractivity (Wildman–Crippen MR) is 78.9 cm³/mol. The van der Waals surface area contributed by atoms with E-state index in [0.29, 0.717) is 17.0 Å². The van der Waals surface area contributed by atoms with E-state index in [1.165, 1.54) is 18.2 Å². The molecule has 0 aliphatic rings. The average Bonchev–Trinajstić information content (AvgIpc) is 2.36. The maximum absolute atomic E-state index is 12.2. The molecule has 1 aromatic carbocycles. The smallest absolute Gasteiger partial charge is 0.251 e. The third kappa shape index (κ3) is 4.05. The minimum Gasteiger partial charge on any atom is -0.349 e. The lowest BCUT2D eigenvalue weighted by Crippen LogP contribution is -2.37. The molecule has 0 aromatic heterocycles. The molecular weight excluding hydrogens is 276 g/mol. The van der Waals surface area contributed by atoms with Gasteiger partial charge in [-0.1, -0.05) is 20.3 Å². The second kappa shape index (κ2) is 6.37. The quantitative estimate of drug-likeness (QED) is 0.868. The largest absolute Gasteiger partial charge is 0.349 e. The van der Waals surface area contributed by atoms with Crippen LogP contribution in [0.15, 0.2) is 23.1 Å². The summed E-state index contributed by atoms with van der Waals surface area (Å²) < 4.78 is 22.5. The number of primary sulfonamides is 1. The van der Waals surface area contributed by atoms with Crippen molar-refractivity contribution in [3.63, 3.8) is 0 Å². The van der Waals surface area contributed by atoms with Crippen molar-refractivity contribution in [2.75, 3.05) is 0 Å². The van der Waals surface area contributed by atoms with Crippen LogP contribution in [0.4, 0.5) is 0 Å². The molecule has 0 saturated carbocycles. The van der Waals surface area contributed by atoms with Gasteiger partial charge in [-0.15, -0.1) is 0 Å². The molecule has 0 radical (unpaired) electrons. The molecular formula is C14H22N2O3S. The molecule has 2 unspecified atom stereocenters. The third-order valence-corrected chi connectivity index (χ3v) is 4.54. The van der Waals surface area contributed by atoms with E-state index in [9.17, 15) is 13.2 Å². The molecule has 1 amide bonds. The number of rotatable bonds is 5. The van der Waals surface area contributed by atoms with E-state index in [1.807, 2.05) is 6.92 Å². The van der Waals surface area contributed by atoms with Gasteiger partial charge in [0.1, 0.15) is 0 Å². The first-order valence-electron chi connectivity index (χ1n) is 6.61. The number of benzene rings is 1. The minimum atomic E-state index is -3.74. The number of nitrogens with one attached hydrogen (secondary N) is 1. The Hall–Kier alpha value is -1.40. The van der Waals surface area contributed by atoms with E-state index >= 15 is 0 Å². The molecule has 0 aliphatic carbocycles. The van der Waals surface area contributed by atoms with Gasteiger partial charge in [0.25, 0.3) is 5.91 Å². The number of sulfonamides is 1. The monoisotopic (exact) mass is 298 g/mol. The molecule has 1 aromatic rings. The Kier molecular flexibility index (Phi) is 5.30. The van der Waals surface area contributed by atoms with E-state index < -0.39 is 10.0 Å². The summed E-state index contributed by atoms with van der Waals surface area (Å²) in [5.41, 5.74) is 1.05. The lowest BCUT2D eigenvalue weighted by atomic mass is 10.00. The van der Waals surface area contributed by atoms with Crippen LogP contribution in [0, 0.1) is 12.8 Å². The molecule has 3 N–H and O–H groups in total. The van der Waals surface area contributed by atoms with Crippen molar-refractivity contribution in [3.05, 3.63) is 29.3 Å². The second-order valence-corrected chi connectivity index (χ2v) is 6.73. The van der Waals surface area contributed by atoms with Gasteiger partial charge in [-0.2, -0.15) is 0 Å². The molecule has 0 saturated heterocycles. The van der Waals surface area contributed by atoms with Crippen molar-refractivity contribution >= 4 is 15.9 Å². The summed E-state index contributed by atoms with van der Waals surface area (Å²) in [5.74, 6) is 0.180. The Morgan fingerprint density at radius 2 is 1.95 bits per heavy atom. The van der Waals surface area contributed by atoms with Crippen LogP contribution in [0.2, 0.25) is 0 Å². The van der Waals surface area contributed by atoms with Crippen LogP contribution in [0.3, 0.4) is 0 Å². The summed E-state index contributed by atoms with van der Waals surface area (Å²) >= 11 is 0. The fourth-order valence-corrected chi connectivity index (χ4v) is 2.45. The Bertz CT molecular complexity index is 596. The highest BCUT2D eigenvalue weighted by Gasteiger charge is 2.17.